The highest BCUT2D eigenvalue weighted by molar-refractivity contribution is 7.89. The van der Waals surface area contributed by atoms with E-state index in [0.29, 0.717) is 19.5 Å². The maximum absolute atomic E-state index is 12.8. The van der Waals surface area contributed by atoms with E-state index in [4.69, 9.17) is 5.73 Å². The highest BCUT2D eigenvalue weighted by atomic mass is 32.2. The van der Waals surface area contributed by atoms with Crippen molar-refractivity contribution >= 4 is 27.3 Å². The van der Waals surface area contributed by atoms with Gasteiger partial charge in [0.15, 0.2) is 0 Å². The maximum atomic E-state index is 12.8. The van der Waals surface area contributed by atoms with Gasteiger partial charge < -0.3 is 10.5 Å². The Bertz CT molecular complexity index is 636. The van der Waals surface area contributed by atoms with Gasteiger partial charge in [-0.1, -0.05) is 13.8 Å². The summed E-state index contributed by atoms with van der Waals surface area (Å²) in [7, 11) is -2.47. The third-order valence-corrected chi connectivity index (χ3v) is 6.81. The third-order valence-electron chi connectivity index (χ3n) is 3.89. The van der Waals surface area contributed by atoms with E-state index >= 15 is 0 Å². The lowest BCUT2D eigenvalue weighted by Crippen LogP contribution is -2.53. The van der Waals surface area contributed by atoms with Crippen molar-refractivity contribution < 1.29 is 17.9 Å². The van der Waals surface area contributed by atoms with Crippen LogP contribution in [0.5, 0.6) is 0 Å². The number of thiophene rings is 1. The van der Waals surface area contributed by atoms with Crippen LogP contribution >= 0.6 is 11.3 Å². The predicted molar refractivity (Wildman–Crippen MR) is 80.8 cm³/mol. The van der Waals surface area contributed by atoms with Crippen LogP contribution < -0.4 is 5.73 Å². The van der Waals surface area contributed by atoms with Gasteiger partial charge in [-0.3, -0.25) is 0 Å². The maximum Gasteiger partial charge on any atom is 0.349 e. The standard InChI is InChI=1S/C13H20N2O4S2/c1-13(2)8-15(6-4-10(13)14)21(17,18)9-5-7-20-11(9)12(16)19-3/h5,7,10H,4,6,8,14H2,1-3H3. The van der Waals surface area contributed by atoms with E-state index < -0.39 is 16.0 Å². The number of nitrogens with zero attached hydrogens (tertiary/aromatic N) is 1. The van der Waals surface area contributed by atoms with Crippen molar-refractivity contribution in [1.82, 2.24) is 4.31 Å². The van der Waals surface area contributed by atoms with Gasteiger partial charge in [0.2, 0.25) is 10.0 Å². The minimum atomic E-state index is -3.71. The molecule has 0 amide bonds. The fourth-order valence-corrected chi connectivity index (χ4v) is 5.35. The first-order valence-electron chi connectivity index (χ1n) is 6.61. The van der Waals surface area contributed by atoms with Crippen LogP contribution in [0.3, 0.4) is 0 Å². The Morgan fingerprint density at radius 3 is 2.76 bits per heavy atom. The third kappa shape index (κ3) is 2.98. The molecular formula is C13H20N2O4S2. The highest BCUT2D eigenvalue weighted by Gasteiger charge is 2.40. The molecule has 1 aliphatic heterocycles. The smallest absolute Gasteiger partial charge is 0.349 e. The number of hydrogen-bond acceptors (Lipinski definition) is 6. The minimum absolute atomic E-state index is 0.0191. The van der Waals surface area contributed by atoms with E-state index in [0.717, 1.165) is 11.3 Å². The molecule has 2 heterocycles. The van der Waals surface area contributed by atoms with Crippen molar-refractivity contribution in [3.05, 3.63) is 16.3 Å². The van der Waals surface area contributed by atoms with E-state index in [1.807, 2.05) is 13.8 Å². The summed E-state index contributed by atoms with van der Waals surface area (Å²) in [6.07, 6.45) is 0.601. The van der Waals surface area contributed by atoms with Gasteiger partial charge in [-0.05, 0) is 23.3 Å². The summed E-state index contributed by atoms with van der Waals surface area (Å²) in [4.78, 5) is 11.8. The second kappa shape index (κ2) is 5.68. The number of esters is 1. The molecule has 1 atom stereocenters. The van der Waals surface area contributed by atoms with Gasteiger partial charge >= 0.3 is 5.97 Å². The largest absolute Gasteiger partial charge is 0.465 e. The highest BCUT2D eigenvalue weighted by Crippen LogP contribution is 2.33. The number of carbonyl (C=O) groups excluding carboxylic acids is 1. The van der Waals surface area contributed by atoms with Crippen molar-refractivity contribution in [2.45, 2.75) is 31.2 Å². The number of carbonyl (C=O) groups is 1. The first-order chi connectivity index (χ1) is 9.70. The summed E-state index contributed by atoms with van der Waals surface area (Å²) in [5.74, 6) is -0.628. The van der Waals surface area contributed by atoms with E-state index in [2.05, 4.69) is 4.74 Å². The lowest BCUT2D eigenvalue weighted by Gasteiger charge is -2.41. The average Bonchev–Trinajstić information content (AvgIpc) is 2.90. The van der Waals surface area contributed by atoms with E-state index in [-0.39, 0.29) is 21.2 Å². The lowest BCUT2D eigenvalue weighted by atomic mass is 9.81. The summed E-state index contributed by atoms with van der Waals surface area (Å²) in [5.41, 5.74) is 5.74. The van der Waals surface area contributed by atoms with Crippen molar-refractivity contribution in [3.8, 4) is 0 Å². The second-order valence-electron chi connectivity index (χ2n) is 5.83. The van der Waals surface area contributed by atoms with Crippen molar-refractivity contribution in [2.24, 2.45) is 11.1 Å². The zero-order valence-electron chi connectivity index (χ0n) is 12.3. The number of hydrogen-bond donors (Lipinski definition) is 1. The van der Waals surface area contributed by atoms with Crippen LogP contribution in [0.15, 0.2) is 16.3 Å². The molecule has 118 valence electrons. The zero-order valence-corrected chi connectivity index (χ0v) is 14.0. The summed E-state index contributed by atoms with van der Waals surface area (Å²) < 4.78 is 31.6. The Labute approximate surface area is 128 Å². The van der Waals surface area contributed by atoms with Crippen molar-refractivity contribution in [2.75, 3.05) is 20.2 Å². The molecule has 0 aromatic carbocycles. The van der Waals surface area contributed by atoms with E-state index in [1.54, 1.807) is 5.38 Å². The van der Waals surface area contributed by atoms with Gasteiger partial charge in [-0.15, -0.1) is 11.3 Å². The molecule has 6 nitrogen and oxygen atoms in total. The Kier molecular flexibility index (Phi) is 4.44. The molecule has 0 aliphatic carbocycles. The van der Waals surface area contributed by atoms with Crippen LogP contribution in [0.2, 0.25) is 0 Å². The molecular weight excluding hydrogens is 312 g/mol. The number of sulfonamides is 1. The molecule has 0 bridgehead atoms. The predicted octanol–water partition coefficient (Wildman–Crippen LogP) is 1.28. The molecule has 0 spiro atoms. The zero-order chi connectivity index (χ0) is 15.8. The van der Waals surface area contributed by atoms with Gasteiger partial charge in [0.1, 0.15) is 9.77 Å². The summed E-state index contributed by atoms with van der Waals surface area (Å²) in [6, 6.07) is 1.42. The molecule has 8 heteroatoms. The molecule has 1 saturated heterocycles. The first kappa shape index (κ1) is 16.4. The fourth-order valence-electron chi connectivity index (χ4n) is 2.41. The first-order valence-corrected chi connectivity index (χ1v) is 8.93. The van der Waals surface area contributed by atoms with Gasteiger partial charge in [-0.25, -0.2) is 13.2 Å². The summed E-state index contributed by atoms with van der Waals surface area (Å²) >= 11 is 1.07. The molecule has 1 aromatic rings. The Morgan fingerprint density at radius 2 is 2.19 bits per heavy atom. The van der Waals surface area contributed by atoms with Crippen LogP contribution in [0.1, 0.15) is 29.9 Å². The van der Waals surface area contributed by atoms with E-state index in [9.17, 15) is 13.2 Å². The van der Waals surface area contributed by atoms with Gasteiger partial charge in [0.05, 0.1) is 7.11 Å². The van der Waals surface area contributed by atoms with Crippen molar-refractivity contribution in [3.63, 3.8) is 0 Å². The molecule has 21 heavy (non-hydrogen) atoms. The topological polar surface area (TPSA) is 89.7 Å². The normalized spacial score (nSPS) is 23.0. The lowest BCUT2D eigenvalue weighted by molar-refractivity contribution is 0.0602. The number of methoxy groups -OCH3 is 1. The van der Waals surface area contributed by atoms with E-state index in [1.165, 1.54) is 17.5 Å². The number of nitrogens with two attached hydrogens (primary N) is 1. The molecule has 0 radical (unpaired) electrons. The fraction of sp³-hybridized carbons (Fsp3) is 0.615. The van der Waals surface area contributed by atoms with Gasteiger partial charge in [0.25, 0.3) is 0 Å². The Balaban J connectivity index is 2.36. The monoisotopic (exact) mass is 332 g/mol. The van der Waals surface area contributed by atoms with Crippen molar-refractivity contribution in [1.29, 1.82) is 0 Å². The molecule has 1 aliphatic rings. The quantitative estimate of drug-likeness (QED) is 0.842. The molecule has 2 N–H and O–H groups in total. The number of piperidine rings is 1. The van der Waals surface area contributed by atoms with Crippen LogP contribution in [0, 0.1) is 5.41 Å². The molecule has 1 aromatic heterocycles. The van der Waals surface area contributed by atoms with Crippen LogP contribution in [-0.4, -0.2) is 44.9 Å². The number of ether oxygens (including phenoxy) is 1. The SMILES string of the molecule is COC(=O)c1sccc1S(=O)(=O)N1CCC(N)C(C)(C)C1. The summed E-state index contributed by atoms with van der Waals surface area (Å²) in [6.45, 7) is 4.61. The van der Waals surface area contributed by atoms with Crippen LogP contribution in [-0.2, 0) is 14.8 Å². The van der Waals surface area contributed by atoms with Gasteiger partial charge in [0, 0.05) is 19.1 Å². The van der Waals surface area contributed by atoms with Crippen LogP contribution in [0.4, 0.5) is 0 Å². The molecule has 1 fully saturated rings. The summed E-state index contributed by atoms with van der Waals surface area (Å²) in [5, 5.41) is 1.58. The van der Waals surface area contributed by atoms with Crippen LogP contribution in [0.25, 0.3) is 0 Å². The molecule has 2 rings (SSSR count). The Morgan fingerprint density at radius 1 is 1.52 bits per heavy atom. The van der Waals surface area contributed by atoms with Gasteiger partial charge in [-0.2, -0.15) is 4.31 Å². The molecule has 0 saturated carbocycles. The second-order valence-corrected chi connectivity index (χ2v) is 8.65. The molecule has 1 unspecified atom stereocenters. The number of rotatable bonds is 3. The Hall–Kier alpha value is -0.960. The minimum Gasteiger partial charge on any atom is -0.465 e. The average molecular weight is 332 g/mol.